The molecule has 0 bridgehead atoms. The number of rotatable bonds is 2. The van der Waals surface area contributed by atoms with E-state index in [2.05, 4.69) is 40.7 Å². The minimum absolute atomic E-state index is 0.498. The third-order valence-corrected chi connectivity index (χ3v) is 2.97. The van der Waals surface area contributed by atoms with Crippen LogP contribution in [-0.2, 0) is 5.54 Å². The average Bonchev–Trinajstić information content (AvgIpc) is 2.91. The molecule has 0 aromatic heterocycles. The molecule has 2 aromatic carbocycles. The van der Waals surface area contributed by atoms with E-state index in [1.807, 2.05) is 42.5 Å². The van der Waals surface area contributed by atoms with Gasteiger partial charge in [-0.3, -0.25) is 0 Å². The van der Waals surface area contributed by atoms with Gasteiger partial charge in [-0.05, 0) is 17.2 Å². The molecule has 3 rings (SSSR count). The standard InChI is InChI=1S/C15H11N2/c1-3-7-13(8-4-1)15(11-12-16-17-15)14-9-5-2-6-10-14/h1-11H. The molecule has 0 aliphatic carbocycles. The van der Waals surface area contributed by atoms with E-state index in [9.17, 15) is 0 Å². The molecule has 2 aromatic rings. The molecule has 0 saturated heterocycles. The van der Waals surface area contributed by atoms with Crippen LogP contribution in [0.25, 0.3) is 0 Å². The van der Waals surface area contributed by atoms with Crippen LogP contribution < -0.4 is 0 Å². The summed E-state index contributed by atoms with van der Waals surface area (Å²) in [6.45, 7) is 0. The van der Waals surface area contributed by atoms with Crippen molar-refractivity contribution in [2.75, 3.05) is 0 Å². The van der Waals surface area contributed by atoms with Gasteiger partial charge in [0.2, 0.25) is 0 Å². The first-order chi connectivity index (χ1) is 8.42. The lowest BCUT2D eigenvalue weighted by Crippen LogP contribution is -2.20. The molecule has 1 heterocycles. The van der Waals surface area contributed by atoms with Crippen LogP contribution in [0.4, 0.5) is 0 Å². The van der Waals surface area contributed by atoms with Gasteiger partial charge in [-0.2, -0.15) is 10.2 Å². The summed E-state index contributed by atoms with van der Waals surface area (Å²) >= 11 is 0. The Morgan fingerprint density at radius 1 is 0.765 bits per heavy atom. The van der Waals surface area contributed by atoms with Gasteiger partial charge in [-0.25, -0.2) is 0 Å². The first-order valence-electron chi connectivity index (χ1n) is 5.55. The van der Waals surface area contributed by atoms with Crippen molar-refractivity contribution in [3.05, 3.63) is 84.1 Å². The topological polar surface area (TPSA) is 24.7 Å². The van der Waals surface area contributed by atoms with Gasteiger partial charge < -0.3 is 0 Å². The normalized spacial score (nSPS) is 16.2. The number of azo groups is 1. The molecule has 0 unspecified atom stereocenters. The second-order valence-electron chi connectivity index (χ2n) is 3.97. The quantitative estimate of drug-likeness (QED) is 0.735. The van der Waals surface area contributed by atoms with Crippen molar-refractivity contribution in [3.8, 4) is 0 Å². The zero-order chi connectivity index (χ0) is 11.6. The van der Waals surface area contributed by atoms with Crippen molar-refractivity contribution in [1.82, 2.24) is 0 Å². The summed E-state index contributed by atoms with van der Waals surface area (Å²) in [5.74, 6) is 0. The molecule has 1 radical (unpaired) electrons. The molecule has 0 fully saturated rings. The van der Waals surface area contributed by atoms with Crippen LogP contribution >= 0.6 is 0 Å². The minimum Gasteiger partial charge on any atom is -0.168 e. The van der Waals surface area contributed by atoms with E-state index in [4.69, 9.17) is 0 Å². The molecule has 0 spiro atoms. The fraction of sp³-hybridized carbons (Fsp3) is 0.0667. The predicted molar refractivity (Wildman–Crippen MR) is 66.3 cm³/mol. The van der Waals surface area contributed by atoms with E-state index in [0.29, 0.717) is 0 Å². The summed E-state index contributed by atoms with van der Waals surface area (Å²) in [4.78, 5) is 0. The largest absolute Gasteiger partial charge is 0.168 e. The van der Waals surface area contributed by atoms with E-state index in [-0.39, 0.29) is 0 Å². The molecular formula is C15H11N2. The zero-order valence-electron chi connectivity index (χ0n) is 9.25. The molecule has 0 amide bonds. The van der Waals surface area contributed by atoms with Crippen LogP contribution in [0.1, 0.15) is 11.1 Å². The van der Waals surface area contributed by atoms with Crippen LogP contribution in [0, 0.1) is 6.20 Å². The molecule has 0 N–H and O–H groups in total. The lowest BCUT2D eigenvalue weighted by Gasteiger charge is -2.23. The second kappa shape index (κ2) is 3.98. The number of benzene rings is 2. The van der Waals surface area contributed by atoms with Crippen molar-refractivity contribution in [3.63, 3.8) is 0 Å². The fourth-order valence-electron chi connectivity index (χ4n) is 2.09. The highest BCUT2D eigenvalue weighted by molar-refractivity contribution is 5.43. The average molecular weight is 219 g/mol. The fourth-order valence-corrected chi connectivity index (χ4v) is 2.09. The lowest BCUT2D eigenvalue weighted by molar-refractivity contribution is 0.670. The first-order valence-corrected chi connectivity index (χ1v) is 5.55. The summed E-state index contributed by atoms with van der Waals surface area (Å²) in [6, 6.07) is 20.3. The van der Waals surface area contributed by atoms with Gasteiger partial charge >= 0.3 is 0 Å². The van der Waals surface area contributed by atoms with Crippen LogP contribution in [0.2, 0.25) is 0 Å². The molecule has 0 atom stereocenters. The Hall–Kier alpha value is -2.22. The molecular weight excluding hydrogens is 208 g/mol. The SMILES string of the molecule is [C]1=CC(c2ccccc2)(c2ccccc2)N=N1. The zero-order valence-corrected chi connectivity index (χ0v) is 9.25. The highest BCUT2D eigenvalue weighted by atomic mass is 15.2. The van der Waals surface area contributed by atoms with Gasteiger partial charge in [0.15, 0.2) is 5.54 Å². The van der Waals surface area contributed by atoms with Gasteiger partial charge in [0.05, 0.1) is 0 Å². The predicted octanol–water partition coefficient (Wildman–Crippen LogP) is 3.71. The number of hydrogen-bond acceptors (Lipinski definition) is 2. The molecule has 17 heavy (non-hydrogen) atoms. The van der Waals surface area contributed by atoms with Crippen LogP contribution in [0.3, 0.4) is 0 Å². The van der Waals surface area contributed by atoms with E-state index < -0.39 is 5.54 Å². The molecule has 81 valence electrons. The highest BCUT2D eigenvalue weighted by Crippen LogP contribution is 2.37. The summed E-state index contributed by atoms with van der Waals surface area (Å²) < 4.78 is 0. The summed E-state index contributed by atoms with van der Waals surface area (Å²) in [7, 11) is 0. The molecule has 2 heteroatoms. The van der Waals surface area contributed by atoms with Crippen molar-refractivity contribution < 1.29 is 0 Å². The van der Waals surface area contributed by atoms with Crippen molar-refractivity contribution in [2.45, 2.75) is 5.54 Å². The number of nitrogens with zero attached hydrogens (tertiary/aromatic N) is 2. The first kappa shape index (κ1) is 9.97. The van der Waals surface area contributed by atoms with Crippen LogP contribution in [0.15, 0.2) is 77.0 Å². The molecule has 2 nitrogen and oxygen atoms in total. The Labute approximate surface area is 100 Å². The molecule has 1 aliphatic heterocycles. The maximum atomic E-state index is 4.37. The molecule has 1 aliphatic rings. The van der Waals surface area contributed by atoms with Gasteiger partial charge in [-0.1, -0.05) is 60.7 Å². The van der Waals surface area contributed by atoms with Crippen molar-refractivity contribution in [1.29, 1.82) is 0 Å². The third kappa shape index (κ3) is 1.58. The monoisotopic (exact) mass is 219 g/mol. The smallest absolute Gasteiger partial charge is 0.152 e. The summed E-state index contributed by atoms with van der Waals surface area (Å²) in [5.41, 5.74) is 1.72. The Kier molecular flexibility index (Phi) is 2.33. The van der Waals surface area contributed by atoms with Gasteiger partial charge in [0.25, 0.3) is 0 Å². The van der Waals surface area contributed by atoms with Crippen LogP contribution in [0.5, 0.6) is 0 Å². The Morgan fingerprint density at radius 3 is 1.71 bits per heavy atom. The summed E-state index contributed by atoms with van der Waals surface area (Å²) in [6.07, 6.45) is 4.76. The van der Waals surface area contributed by atoms with E-state index in [0.717, 1.165) is 11.1 Å². The van der Waals surface area contributed by atoms with Gasteiger partial charge in [0, 0.05) is 0 Å². The third-order valence-electron chi connectivity index (χ3n) is 2.97. The van der Waals surface area contributed by atoms with E-state index >= 15 is 0 Å². The Morgan fingerprint density at radius 2 is 1.29 bits per heavy atom. The van der Waals surface area contributed by atoms with E-state index in [1.54, 1.807) is 0 Å². The Balaban J connectivity index is 2.19. The highest BCUT2D eigenvalue weighted by Gasteiger charge is 2.33. The Bertz CT molecular complexity index is 502. The van der Waals surface area contributed by atoms with Crippen molar-refractivity contribution in [2.24, 2.45) is 10.2 Å². The van der Waals surface area contributed by atoms with Gasteiger partial charge in [-0.15, -0.1) is 0 Å². The van der Waals surface area contributed by atoms with E-state index in [1.165, 1.54) is 0 Å². The van der Waals surface area contributed by atoms with Crippen LogP contribution in [-0.4, -0.2) is 0 Å². The minimum atomic E-state index is -0.498. The molecule has 0 saturated carbocycles. The lowest BCUT2D eigenvalue weighted by atomic mass is 9.84. The van der Waals surface area contributed by atoms with Gasteiger partial charge in [0.1, 0.15) is 6.20 Å². The maximum absolute atomic E-state index is 4.37. The van der Waals surface area contributed by atoms with Crippen molar-refractivity contribution >= 4 is 0 Å². The maximum Gasteiger partial charge on any atom is 0.152 e. The summed E-state index contributed by atoms with van der Waals surface area (Å²) in [5, 5.41) is 8.28. The second-order valence-corrected chi connectivity index (χ2v) is 3.97. The number of hydrogen-bond donors (Lipinski definition) is 0.